The van der Waals surface area contributed by atoms with Crippen LogP contribution in [-0.4, -0.2) is 55.3 Å². The highest BCUT2D eigenvalue weighted by Crippen LogP contribution is 2.16. The lowest BCUT2D eigenvalue weighted by Crippen LogP contribution is -2.45. The Bertz CT molecular complexity index is 1220. The molecule has 5 rings (SSSR count). The summed E-state index contributed by atoms with van der Waals surface area (Å²) in [5.41, 5.74) is 2.88. The van der Waals surface area contributed by atoms with E-state index in [2.05, 4.69) is 20.9 Å². The minimum absolute atomic E-state index is 0.00583. The van der Waals surface area contributed by atoms with Crippen molar-refractivity contribution in [3.05, 3.63) is 69.5 Å². The maximum atomic E-state index is 12.2. The van der Waals surface area contributed by atoms with E-state index in [9.17, 15) is 4.79 Å². The fraction of sp³-hybridized carbons (Fsp3) is 0.333. The first-order chi connectivity index (χ1) is 14.2. The molecule has 1 saturated heterocycles. The molecule has 148 valence electrons. The molecule has 0 spiro atoms. The van der Waals surface area contributed by atoms with Gasteiger partial charge in [-0.15, -0.1) is 11.3 Å². The standard InChI is InChI=1S/C21H22N6OS/c1-15-17-4-2-3-5-18(17)24-19(22-15)14-26-8-6-25(7-9-26)13-16-12-20(28)27-10-11-29-21(27)23-16/h2-5,10-12H,6-9,13-14H2,1H3. The van der Waals surface area contributed by atoms with Crippen LogP contribution in [0.15, 0.2) is 46.7 Å². The molecule has 7 nitrogen and oxygen atoms in total. The molecule has 0 amide bonds. The highest BCUT2D eigenvalue weighted by Gasteiger charge is 2.19. The van der Waals surface area contributed by atoms with Crippen molar-refractivity contribution in [1.29, 1.82) is 0 Å². The van der Waals surface area contributed by atoms with Crippen molar-refractivity contribution in [3.8, 4) is 0 Å². The third-order valence-corrected chi connectivity index (χ3v) is 6.17. The highest BCUT2D eigenvalue weighted by molar-refractivity contribution is 7.15. The number of para-hydroxylation sites is 1. The molecule has 4 heterocycles. The van der Waals surface area contributed by atoms with Crippen LogP contribution in [-0.2, 0) is 13.1 Å². The predicted octanol–water partition coefficient (Wildman–Crippen LogP) is 2.33. The second kappa shape index (κ2) is 7.62. The van der Waals surface area contributed by atoms with E-state index in [0.29, 0.717) is 6.54 Å². The van der Waals surface area contributed by atoms with Crippen LogP contribution in [0, 0.1) is 6.92 Å². The Morgan fingerprint density at radius 2 is 1.76 bits per heavy atom. The Hall–Kier alpha value is -2.68. The second-order valence-electron chi connectivity index (χ2n) is 7.44. The number of hydrogen-bond donors (Lipinski definition) is 0. The van der Waals surface area contributed by atoms with E-state index in [-0.39, 0.29) is 5.56 Å². The number of fused-ring (bicyclic) bond motifs is 2. The summed E-state index contributed by atoms with van der Waals surface area (Å²) >= 11 is 1.49. The van der Waals surface area contributed by atoms with Crippen LogP contribution in [0.25, 0.3) is 15.9 Å². The lowest BCUT2D eigenvalue weighted by Gasteiger charge is -2.34. The zero-order chi connectivity index (χ0) is 19.8. The Morgan fingerprint density at radius 1 is 1.00 bits per heavy atom. The van der Waals surface area contributed by atoms with Crippen molar-refractivity contribution >= 4 is 27.2 Å². The van der Waals surface area contributed by atoms with Crippen molar-refractivity contribution in [2.45, 2.75) is 20.0 Å². The van der Waals surface area contributed by atoms with Gasteiger partial charge in [0.2, 0.25) is 0 Å². The number of aromatic nitrogens is 4. The van der Waals surface area contributed by atoms with Crippen molar-refractivity contribution in [3.63, 3.8) is 0 Å². The lowest BCUT2D eigenvalue weighted by molar-refractivity contribution is 0.119. The quantitative estimate of drug-likeness (QED) is 0.518. The van der Waals surface area contributed by atoms with Gasteiger partial charge < -0.3 is 0 Å². The third kappa shape index (κ3) is 3.78. The van der Waals surface area contributed by atoms with Gasteiger partial charge in [-0.05, 0) is 13.0 Å². The van der Waals surface area contributed by atoms with E-state index in [1.54, 1.807) is 16.7 Å². The maximum Gasteiger partial charge on any atom is 0.258 e. The minimum atomic E-state index is -0.00583. The van der Waals surface area contributed by atoms with Gasteiger partial charge in [0.25, 0.3) is 5.56 Å². The topological polar surface area (TPSA) is 66.6 Å². The highest BCUT2D eigenvalue weighted by atomic mass is 32.1. The number of rotatable bonds is 4. The summed E-state index contributed by atoms with van der Waals surface area (Å²) in [7, 11) is 0. The molecule has 4 aromatic rings. The first-order valence-corrected chi connectivity index (χ1v) is 10.7. The Kier molecular flexibility index (Phi) is 4.83. The fourth-order valence-electron chi connectivity index (χ4n) is 3.87. The maximum absolute atomic E-state index is 12.2. The Balaban J connectivity index is 1.23. The molecule has 1 aliphatic rings. The SMILES string of the molecule is Cc1nc(CN2CCN(Cc3cc(=O)n4ccsc4n3)CC2)nc2ccccc12. The summed E-state index contributed by atoms with van der Waals surface area (Å²) in [6.45, 7) is 7.32. The molecule has 1 aromatic carbocycles. The molecule has 1 aliphatic heterocycles. The number of benzene rings is 1. The molecule has 0 unspecified atom stereocenters. The van der Waals surface area contributed by atoms with Crippen LogP contribution in [0.4, 0.5) is 0 Å². The minimum Gasteiger partial charge on any atom is -0.295 e. The van der Waals surface area contributed by atoms with Gasteiger partial charge in [0.1, 0.15) is 5.82 Å². The molecular formula is C21H22N6OS. The average Bonchev–Trinajstić information content (AvgIpc) is 3.19. The smallest absolute Gasteiger partial charge is 0.258 e. The van der Waals surface area contributed by atoms with E-state index in [1.165, 1.54) is 11.3 Å². The summed E-state index contributed by atoms with van der Waals surface area (Å²) in [4.78, 5) is 31.7. The summed E-state index contributed by atoms with van der Waals surface area (Å²) in [5.74, 6) is 0.882. The molecule has 0 radical (unpaired) electrons. The molecule has 3 aromatic heterocycles. The zero-order valence-electron chi connectivity index (χ0n) is 16.3. The van der Waals surface area contributed by atoms with Crippen LogP contribution < -0.4 is 5.56 Å². The van der Waals surface area contributed by atoms with Crippen LogP contribution in [0.1, 0.15) is 17.2 Å². The van der Waals surface area contributed by atoms with Gasteiger partial charge >= 0.3 is 0 Å². The molecular weight excluding hydrogens is 384 g/mol. The number of piperazine rings is 1. The summed E-state index contributed by atoms with van der Waals surface area (Å²) in [6, 6.07) is 9.81. The molecule has 0 saturated carbocycles. The molecule has 0 aliphatic carbocycles. The average molecular weight is 407 g/mol. The van der Waals surface area contributed by atoms with Gasteiger partial charge in [-0.2, -0.15) is 0 Å². The largest absolute Gasteiger partial charge is 0.295 e. The van der Waals surface area contributed by atoms with Crippen molar-refractivity contribution in [2.24, 2.45) is 0 Å². The summed E-state index contributed by atoms with van der Waals surface area (Å²) in [6.07, 6.45) is 1.77. The molecule has 8 heteroatoms. The van der Waals surface area contributed by atoms with Gasteiger partial charge in [0.05, 0.1) is 17.8 Å². The van der Waals surface area contributed by atoms with Crippen LogP contribution in [0.5, 0.6) is 0 Å². The van der Waals surface area contributed by atoms with Gasteiger partial charge in [0, 0.05) is 61.4 Å². The number of aryl methyl sites for hydroxylation is 1. The van der Waals surface area contributed by atoms with Crippen molar-refractivity contribution in [2.75, 3.05) is 26.2 Å². The molecule has 29 heavy (non-hydrogen) atoms. The first kappa shape index (κ1) is 18.4. The van der Waals surface area contributed by atoms with Crippen molar-refractivity contribution in [1.82, 2.24) is 29.2 Å². The van der Waals surface area contributed by atoms with E-state index in [0.717, 1.165) is 65.8 Å². The molecule has 0 atom stereocenters. The van der Waals surface area contributed by atoms with Crippen LogP contribution in [0.3, 0.4) is 0 Å². The fourth-order valence-corrected chi connectivity index (χ4v) is 4.61. The van der Waals surface area contributed by atoms with Gasteiger partial charge in [-0.1, -0.05) is 18.2 Å². The Morgan fingerprint density at radius 3 is 2.59 bits per heavy atom. The second-order valence-corrected chi connectivity index (χ2v) is 8.31. The van der Waals surface area contributed by atoms with E-state index in [4.69, 9.17) is 9.97 Å². The number of hydrogen-bond acceptors (Lipinski definition) is 7. The molecule has 0 N–H and O–H groups in total. The third-order valence-electron chi connectivity index (χ3n) is 5.41. The van der Waals surface area contributed by atoms with Crippen LogP contribution in [0.2, 0.25) is 0 Å². The van der Waals surface area contributed by atoms with E-state index < -0.39 is 0 Å². The van der Waals surface area contributed by atoms with Crippen LogP contribution >= 0.6 is 11.3 Å². The summed E-state index contributed by atoms with van der Waals surface area (Å²) in [5, 5.41) is 3.01. The molecule has 1 fully saturated rings. The van der Waals surface area contributed by atoms with E-state index in [1.807, 2.05) is 30.5 Å². The van der Waals surface area contributed by atoms with Crippen molar-refractivity contribution < 1.29 is 0 Å². The zero-order valence-corrected chi connectivity index (χ0v) is 17.1. The lowest BCUT2D eigenvalue weighted by atomic mass is 10.2. The number of thiazole rings is 1. The molecule has 0 bridgehead atoms. The first-order valence-electron chi connectivity index (χ1n) is 9.78. The monoisotopic (exact) mass is 406 g/mol. The Labute approximate surface area is 172 Å². The number of nitrogens with zero attached hydrogens (tertiary/aromatic N) is 6. The van der Waals surface area contributed by atoms with E-state index >= 15 is 0 Å². The van der Waals surface area contributed by atoms with Gasteiger partial charge in [-0.3, -0.25) is 19.0 Å². The van der Waals surface area contributed by atoms with Gasteiger partial charge in [-0.25, -0.2) is 15.0 Å². The predicted molar refractivity (Wildman–Crippen MR) is 114 cm³/mol. The normalized spacial score (nSPS) is 16.0. The van der Waals surface area contributed by atoms with Gasteiger partial charge in [0.15, 0.2) is 4.96 Å². The summed E-state index contributed by atoms with van der Waals surface area (Å²) < 4.78 is 1.59.